The van der Waals surface area contributed by atoms with E-state index in [1.165, 1.54) is 12.8 Å². The second kappa shape index (κ2) is 6.66. The van der Waals surface area contributed by atoms with E-state index >= 15 is 0 Å². The Morgan fingerprint density at radius 1 is 1.19 bits per heavy atom. The van der Waals surface area contributed by atoms with Crippen LogP contribution in [0.1, 0.15) is 52.4 Å². The first kappa shape index (κ1) is 13.2. The molecule has 0 amide bonds. The summed E-state index contributed by atoms with van der Waals surface area (Å²) in [6.07, 6.45) is 4.99. The van der Waals surface area contributed by atoms with E-state index in [9.17, 15) is 9.59 Å². The molecule has 0 bridgehead atoms. The van der Waals surface area contributed by atoms with Crippen molar-refractivity contribution in [2.24, 2.45) is 11.8 Å². The fourth-order valence-corrected chi connectivity index (χ4v) is 2.40. The van der Waals surface area contributed by atoms with Gasteiger partial charge >= 0.3 is 5.97 Å². The van der Waals surface area contributed by atoms with E-state index in [2.05, 4.69) is 6.92 Å². The average Bonchev–Trinajstić information content (AvgIpc) is 2.75. The molecule has 1 saturated carbocycles. The predicted molar refractivity (Wildman–Crippen MR) is 62.0 cm³/mol. The van der Waals surface area contributed by atoms with Gasteiger partial charge in [-0.2, -0.15) is 0 Å². The van der Waals surface area contributed by atoms with Gasteiger partial charge in [-0.05, 0) is 32.1 Å². The highest BCUT2D eigenvalue weighted by Gasteiger charge is 2.28. The van der Waals surface area contributed by atoms with Crippen molar-refractivity contribution in [1.29, 1.82) is 0 Å². The molecular weight excluding hydrogens is 204 g/mol. The maximum atomic E-state index is 11.8. The van der Waals surface area contributed by atoms with Gasteiger partial charge in [0.05, 0.1) is 13.0 Å². The van der Waals surface area contributed by atoms with Gasteiger partial charge in [0, 0.05) is 12.3 Å². The molecule has 92 valence electrons. The Balaban J connectivity index is 2.23. The van der Waals surface area contributed by atoms with Crippen LogP contribution >= 0.6 is 0 Å². The zero-order valence-electron chi connectivity index (χ0n) is 10.3. The number of carbonyl (C=O) groups excluding carboxylic acids is 2. The lowest BCUT2D eigenvalue weighted by molar-refractivity contribution is -0.144. The minimum Gasteiger partial charge on any atom is -0.466 e. The van der Waals surface area contributed by atoms with Crippen LogP contribution in [-0.4, -0.2) is 18.4 Å². The third-order valence-electron chi connectivity index (χ3n) is 3.45. The van der Waals surface area contributed by atoms with Crippen LogP contribution in [0.25, 0.3) is 0 Å². The summed E-state index contributed by atoms with van der Waals surface area (Å²) < 4.78 is 4.81. The first-order chi connectivity index (χ1) is 7.67. The average molecular weight is 226 g/mol. The SMILES string of the molecule is CCOC(=O)CCC(=O)C1CCC(CC)C1. The van der Waals surface area contributed by atoms with Gasteiger partial charge in [0.2, 0.25) is 0 Å². The van der Waals surface area contributed by atoms with Crippen molar-refractivity contribution in [2.45, 2.75) is 52.4 Å². The summed E-state index contributed by atoms with van der Waals surface area (Å²) in [7, 11) is 0. The van der Waals surface area contributed by atoms with Crippen LogP contribution in [0.3, 0.4) is 0 Å². The second-order valence-corrected chi connectivity index (χ2v) is 4.56. The van der Waals surface area contributed by atoms with Crippen LogP contribution in [0.15, 0.2) is 0 Å². The number of ketones is 1. The Labute approximate surface area is 97.5 Å². The summed E-state index contributed by atoms with van der Waals surface area (Å²) in [6, 6.07) is 0. The number of rotatable bonds is 6. The van der Waals surface area contributed by atoms with Gasteiger partial charge in [-0.25, -0.2) is 0 Å². The smallest absolute Gasteiger partial charge is 0.306 e. The van der Waals surface area contributed by atoms with Gasteiger partial charge in [-0.3, -0.25) is 9.59 Å². The Kier molecular flexibility index (Phi) is 5.50. The minimum atomic E-state index is -0.249. The van der Waals surface area contributed by atoms with Gasteiger partial charge in [0.25, 0.3) is 0 Å². The largest absolute Gasteiger partial charge is 0.466 e. The number of Topliss-reactive ketones (excluding diaryl/α,β-unsaturated/α-hetero) is 1. The summed E-state index contributed by atoms with van der Waals surface area (Å²) in [5.41, 5.74) is 0. The normalized spacial score (nSPS) is 24.4. The number of hydrogen-bond donors (Lipinski definition) is 0. The number of hydrogen-bond acceptors (Lipinski definition) is 3. The van der Waals surface area contributed by atoms with E-state index in [1.807, 2.05) is 0 Å². The summed E-state index contributed by atoms with van der Waals surface area (Å²) >= 11 is 0. The molecule has 0 aromatic rings. The fourth-order valence-electron chi connectivity index (χ4n) is 2.40. The summed E-state index contributed by atoms with van der Waals surface area (Å²) in [6.45, 7) is 4.35. The molecule has 0 aromatic carbocycles. The Morgan fingerprint density at radius 2 is 1.94 bits per heavy atom. The molecule has 0 aliphatic heterocycles. The zero-order chi connectivity index (χ0) is 12.0. The molecule has 2 unspecified atom stereocenters. The molecule has 2 atom stereocenters. The molecule has 0 N–H and O–H groups in total. The van der Waals surface area contributed by atoms with Crippen molar-refractivity contribution in [3.63, 3.8) is 0 Å². The third-order valence-corrected chi connectivity index (χ3v) is 3.45. The summed E-state index contributed by atoms with van der Waals surface area (Å²) in [5.74, 6) is 0.931. The number of ether oxygens (including phenoxy) is 1. The predicted octanol–water partition coefficient (Wildman–Crippen LogP) is 2.73. The lowest BCUT2D eigenvalue weighted by Gasteiger charge is -2.08. The third kappa shape index (κ3) is 3.95. The van der Waals surface area contributed by atoms with Crippen LogP contribution in [0.4, 0.5) is 0 Å². The van der Waals surface area contributed by atoms with Crippen LogP contribution in [-0.2, 0) is 14.3 Å². The standard InChI is InChI=1S/C13H22O3/c1-3-10-5-6-11(9-10)12(14)7-8-13(15)16-4-2/h10-11H,3-9H2,1-2H3. The van der Waals surface area contributed by atoms with E-state index in [0.717, 1.165) is 18.8 Å². The van der Waals surface area contributed by atoms with Gasteiger partial charge in [0.1, 0.15) is 5.78 Å². The Morgan fingerprint density at radius 3 is 2.50 bits per heavy atom. The van der Waals surface area contributed by atoms with Crippen LogP contribution in [0.5, 0.6) is 0 Å². The first-order valence-corrected chi connectivity index (χ1v) is 6.35. The molecule has 1 aliphatic rings. The van der Waals surface area contributed by atoms with Crippen molar-refractivity contribution in [2.75, 3.05) is 6.61 Å². The van der Waals surface area contributed by atoms with Crippen molar-refractivity contribution in [1.82, 2.24) is 0 Å². The quantitative estimate of drug-likeness (QED) is 0.654. The lowest BCUT2D eigenvalue weighted by Crippen LogP contribution is -2.14. The van der Waals surface area contributed by atoms with Crippen molar-refractivity contribution < 1.29 is 14.3 Å². The molecule has 1 fully saturated rings. The Bertz CT molecular complexity index is 248. The van der Waals surface area contributed by atoms with E-state index < -0.39 is 0 Å². The van der Waals surface area contributed by atoms with Gasteiger partial charge in [-0.15, -0.1) is 0 Å². The first-order valence-electron chi connectivity index (χ1n) is 6.35. The van der Waals surface area contributed by atoms with Gasteiger partial charge < -0.3 is 4.74 Å². The number of esters is 1. The molecule has 0 spiro atoms. The van der Waals surface area contributed by atoms with E-state index in [4.69, 9.17) is 4.74 Å². The molecule has 1 aliphatic carbocycles. The summed E-state index contributed by atoms with van der Waals surface area (Å²) in [5, 5.41) is 0. The van der Waals surface area contributed by atoms with Crippen molar-refractivity contribution in [3.8, 4) is 0 Å². The number of carbonyl (C=O) groups is 2. The maximum absolute atomic E-state index is 11.8. The topological polar surface area (TPSA) is 43.4 Å². The summed E-state index contributed by atoms with van der Waals surface area (Å²) in [4.78, 5) is 22.9. The fraction of sp³-hybridized carbons (Fsp3) is 0.846. The zero-order valence-corrected chi connectivity index (χ0v) is 10.3. The highest BCUT2D eigenvalue weighted by atomic mass is 16.5. The molecule has 0 heterocycles. The molecule has 3 nitrogen and oxygen atoms in total. The highest BCUT2D eigenvalue weighted by Crippen LogP contribution is 2.34. The molecule has 16 heavy (non-hydrogen) atoms. The van der Waals surface area contributed by atoms with Gasteiger partial charge in [0.15, 0.2) is 0 Å². The minimum absolute atomic E-state index is 0.208. The second-order valence-electron chi connectivity index (χ2n) is 4.56. The molecule has 0 aromatic heterocycles. The maximum Gasteiger partial charge on any atom is 0.306 e. The molecule has 1 rings (SSSR count). The van der Waals surface area contributed by atoms with E-state index in [1.54, 1.807) is 6.92 Å². The van der Waals surface area contributed by atoms with E-state index in [0.29, 0.717) is 13.0 Å². The Hall–Kier alpha value is -0.860. The molecule has 3 heteroatoms. The van der Waals surface area contributed by atoms with E-state index in [-0.39, 0.29) is 24.1 Å². The van der Waals surface area contributed by atoms with Crippen LogP contribution in [0.2, 0.25) is 0 Å². The lowest BCUT2D eigenvalue weighted by atomic mass is 9.96. The van der Waals surface area contributed by atoms with Crippen LogP contribution < -0.4 is 0 Å². The highest BCUT2D eigenvalue weighted by molar-refractivity contribution is 5.84. The van der Waals surface area contributed by atoms with Crippen molar-refractivity contribution in [3.05, 3.63) is 0 Å². The molecular formula is C13H22O3. The molecule has 0 saturated heterocycles. The van der Waals surface area contributed by atoms with Gasteiger partial charge in [-0.1, -0.05) is 13.3 Å². The molecule has 0 radical (unpaired) electrons. The van der Waals surface area contributed by atoms with Crippen LogP contribution in [0, 0.1) is 11.8 Å². The monoisotopic (exact) mass is 226 g/mol. The van der Waals surface area contributed by atoms with Crippen molar-refractivity contribution >= 4 is 11.8 Å².